The molecule has 1 saturated carbocycles. The molecule has 23 heavy (non-hydrogen) atoms. The second-order valence-corrected chi connectivity index (χ2v) is 8.10. The molecule has 5 nitrogen and oxygen atoms in total. The van der Waals surface area contributed by atoms with Gasteiger partial charge in [0.2, 0.25) is 10.0 Å². The maximum Gasteiger partial charge on any atom is 0.240 e. The van der Waals surface area contributed by atoms with Gasteiger partial charge in [-0.05, 0) is 57.0 Å². The summed E-state index contributed by atoms with van der Waals surface area (Å²) < 4.78 is 32.8. The van der Waals surface area contributed by atoms with Crippen LogP contribution in [-0.4, -0.2) is 34.7 Å². The van der Waals surface area contributed by atoms with Crippen molar-refractivity contribution in [3.05, 3.63) is 24.3 Å². The third-order valence-corrected chi connectivity index (χ3v) is 5.86. The van der Waals surface area contributed by atoms with Gasteiger partial charge in [0.05, 0.1) is 11.5 Å². The highest BCUT2D eigenvalue weighted by Gasteiger charge is 2.16. The quantitative estimate of drug-likeness (QED) is 0.763. The summed E-state index contributed by atoms with van der Waals surface area (Å²) in [6.07, 6.45) is 6.39. The van der Waals surface area contributed by atoms with Crippen molar-refractivity contribution < 1.29 is 13.2 Å². The summed E-state index contributed by atoms with van der Waals surface area (Å²) in [5, 5.41) is 3.00. The van der Waals surface area contributed by atoms with E-state index >= 15 is 0 Å². The Hall–Kier alpha value is -1.11. The summed E-state index contributed by atoms with van der Waals surface area (Å²) in [5.41, 5.74) is 0. The van der Waals surface area contributed by atoms with E-state index in [1.807, 2.05) is 6.92 Å². The van der Waals surface area contributed by atoms with Gasteiger partial charge in [0.15, 0.2) is 0 Å². The Bertz CT molecular complexity index is 566. The summed E-state index contributed by atoms with van der Waals surface area (Å²) in [4.78, 5) is 0.269. The van der Waals surface area contributed by atoms with E-state index in [2.05, 4.69) is 10.0 Å². The van der Waals surface area contributed by atoms with Gasteiger partial charge in [-0.1, -0.05) is 19.3 Å². The van der Waals surface area contributed by atoms with Crippen LogP contribution < -0.4 is 14.8 Å². The minimum absolute atomic E-state index is 0.0860. The molecule has 1 fully saturated rings. The fourth-order valence-corrected chi connectivity index (χ4v) is 3.83. The molecular weight excluding hydrogens is 312 g/mol. The largest absolute Gasteiger partial charge is 0.493 e. The third-order valence-electron chi connectivity index (χ3n) is 4.42. The van der Waals surface area contributed by atoms with Crippen molar-refractivity contribution in [1.82, 2.24) is 10.0 Å². The van der Waals surface area contributed by atoms with Crippen LogP contribution in [-0.2, 0) is 10.0 Å². The molecule has 0 aromatic heterocycles. The highest BCUT2D eigenvalue weighted by Crippen LogP contribution is 2.25. The summed E-state index contributed by atoms with van der Waals surface area (Å²) in [7, 11) is -1.66. The number of hydrogen-bond acceptors (Lipinski definition) is 4. The van der Waals surface area contributed by atoms with E-state index in [4.69, 9.17) is 4.74 Å². The first kappa shape index (κ1) is 18.2. The Morgan fingerprint density at radius 2 is 1.83 bits per heavy atom. The molecule has 1 aromatic carbocycles. The molecule has 0 saturated heterocycles. The van der Waals surface area contributed by atoms with Gasteiger partial charge >= 0.3 is 0 Å². The van der Waals surface area contributed by atoms with Gasteiger partial charge in [-0.25, -0.2) is 13.1 Å². The number of ether oxygens (including phenoxy) is 1. The normalized spacial score (nSPS) is 17.8. The molecule has 0 amide bonds. The molecule has 0 aliphatic heterocycles. The van der Waals surface area contributed by atoms with Crippen LogP contribution in [0.5, 0.6) is 5.75 Å². The van der Waals surface area contributed by atoms with Crippen LogP contribution in [0.15, 0.2) is 29.2 Å². The predicted molar refractivity (Wildman–Crippen MR) is 92.2 cm³/mol. The van der Waals surface area contributed by atoms with E-state index in [1.54, 1.807) is 31.3 Å². The van der Waals surface area contributed by atoms with E-state index in [0.717, 1.165) is 12.4 Å². The van der Waals surface area contributed by atoms with Gasteiger partial charge in [-0.2, -0.15) is 0 Å². The Kier molecular flexibility index (Phi) is 6.87. The molecular formula is C17H28N2O3S. The lowest BCUT2D eigenvalue weighted by Crippen LogP contribution is -2.37. The standard InChI is InChI=1S/C17H28N2O3S/c1-14(18-2)12-19-23(20,21)17-10-8-16(9-11-17)22-13-15-6-4-3-5-7-15/h8-11,14-15,18-19H,3-7,12-13H2,1-2H3. The molecule has 6 heteroatoms. The van der Waals surface area contributed by atoms with Crippen LogP contribution >= 0.6 is 0 Å². The third kappa shape index (κ3) is 5.79. The molecule has 1 aliphatic rings. The number of sulfonamides is 1. The number of hydrogen-bond donors (Lipinski definition) is 2. The van der Waals surface area contributed by atoms with Crippen molar-refractivity contribution in [3.8, 4) is 5.75 Å². The van der Waals surface area contributed by atoms with Crippen LogP contribution in [0.4, 0.5) is 0 Å². The summed E-state index contributed by atoms with van der Waals surface area (Å²) in [6, 6.07) is 6.76. The second kappa shape index (κ2) is 8.66. The van der Waals surface area contributed by atoms with Crippen molar-refractivity contribution >= 4 is 10.0 Å². The van der Waals surface area contributed by atoms with Crippen molar-refractivity contribution in [2.75, 3.05) is 20.2 Å². The molecule has 0 radical (unpaired) electrons. The van der Waals surface area contributed by atoms with E-state index in [-0.39, 0.29) is 10.9 Å². The van der Waals surface area contributed by atoms with Gasteiger partial charge < -0.3 is 10.1 Å². The molecule has 1 aliphatic carbocycles. The van der Waals surface area contributed by atoms with Crippen LogP contribution in [0.25, 0.3) is 0 Å². The zero-order valence-corrected chi connectivity index (χ0v) is 14.9. The molecule has 1 atom stereocenters. The smallest absolute Gasteiger partial charge is 0.240 e. The zero-order chi connectivity index (χ0) is 16.7. The Morgan fingerprint density at radius 3 is 2.43 bits per heavy atom. The maximum atomic E-state index is 12.2. The minimum Gasteiger partial charge on any atom is -0.493 e. The molecule has 0 bridgehead atoms. The number of benzene rings is 1. The zero-order valence-electron chi connectivity index (χ0n) is 14.0. The first-order chi connectivity index (χ1) is 11.0. The highest BCUT2D eigenvalue weighted by molar-refractivity contribution is 7.89. The van der Waals surface area contributed by atoms with E-state index in [0.29, 0.717) is 12.5 Å². The van der Waals surface area contributed by atoms with Crippen molar-refractivity contribution in [2.45, 2.75) is 50.0 Å². The summed E-state index contributed by atoms with van der Waals surface area (Å²) in [5.74, 6) is 1.37. The van der Waals surface area contributed by atoms with E-state index in [9.17, 15) is 8.42 Å². The van der Waals surface area contributed by atoms with E-state index < -0.39 is 10.0 Å². The van der Waals surface area contributed by atoms with Crippen molar-refractivity contribution in [2.24, 2.45) is 5.92 Å². The average Bonchev–Trinajstić information content (AvgIpc) is 2.59. The highest BCUT2D eigenvalue weighted by atomic mass is 32.2. The lowest BCUT2D eigenvalue weighted by molar-refractivity contribution is 0.209. The SMILES string of the molecule is CNC(C)CNS(=O)(=O)c1ccc(OCC2CCCCC2)cc1. The maximum absolute atomic E-state index is 12.2. The molecule has 2 N–H and O–H groups in total. The van der Waals surface area contributed by atoms with Gasteiger partial charge in [0.1, 0.15) is 5.75 Å². The van der Waals surface area contributed by atoms with Crippen molar-refractivity contribution in [1.29, 1.82) is 0 Å². The lowest BCUT2D eigenvalue weighted by Gasteiger charge is -2.21. The molecule has 0 spiro atoms. The second-order valence-electron chi connectivity index (χ2n) is 6.33. The molecule has 1 unspecified atom stereocenters. The van der Waals surface area contributed by atoms with Crippen LogP contribution in [0.1, 0.15) is 39.0 Å². The molecule has 130 valence electrons. The lowest BCUT2D eigenvalue weighted by atomic mass is 9.90. The average molecular weight is 340 g/mol. The first-order valence-corrected chi connectivity index (χ1v) is 9.89. The first-order valence-electron chi connectivity index (χ1n) is 8.41. The molecule has 2 rings (SSSR count). The van der Waals surface area contributed by atoms with Crippen molar-refractivity contribution in [3.63, 3.8) is 0 Å². The Morgan fingerprint density at radius 1 is 1.17 bits per heavy atom. The van der Waals surface area contributed by atoms with Gasteiger partial charge in [0.25, 0.3) is 0 Å². The van der Waals surface area contributed by atoms with Gasteiger partial charge in [0, 0.05) is 12.6 Å². The predicted octanol–water partition coefficient (Wildman–Crippen LogP) is 2.53. The fraction of sp³-hybridized carbons (Fsp3) is 0.647. The van der Waals surface area contributed by atoms with Gasteiger partial charge in [-0.3, -0.25) is 0 Å². The fourth-order valence-electron chi connectivity index (χ4n) is 2.70. The van der Waals surface area contributed by atoms with Gasteiger partial charge in [-0.15, -0.1) is 0 Å². The minimum atomic E-state index is -3.46. The Labute approximate surface area is 139 Å². The summed E-state index contributed by atoms with van der Waals surface area (Å²) in [6.45, 7) is 3.01. The monoisotopic (exact) mass is 340 g/mol. The number of rotatable bonds is 8. The Balaban J connectivity index is 1.87. The number of nitrogens with one attached hydrogen (secondary N) is 2. The topological polar surface area (TPSA) is 67.4 Å². The van der Waals surface area contributed by atoms with Crippen LogP contribution in [0, 0.1) is 5.92 Å². The molecule has 0 heterocycles. The molecule has 1 aromatic rings. The summed E-state index contributed by atoms with van der Waals surface area (Å²) >= 11 is 0. The number of likely N-dealkylation sites (N-methyl/N-ethyl adjacent to an activating group) is 1. The van der Waals surface area contributed by atoms with Crippen LogP contribution in [0.2, 0.25) is 0 Å². The van der Waals surface area contributed by atoms with E-state index in [1.165, 1.54) is 32.1 Å². The van der Waals surface area contributed by atoms with Crippen LogP contribution in [0.3, 0.4) is 0 Å².